The van der Waals surface area contributed by atoms with Crippen molar-refractivity contribution in [3.63, 3.8) is 0 Å². The summed E-state index contributed by atoms with van der Waals surface area (Å²) in [6, 6.07) is 10.6. The third-order valence-electron chi connectivity index (χ3n) is 6.51. The lowest BCUT2D eigenvalue weighted by molar-refractivity contribution is -0.125. The number of nitrogens with zero attached hydrogens (tertiary/aromatic N) is 5. The first kappa shape index (κ1) is 24.4. The molecule has 37 heavy (non-hydrogen) atoms. The van der Waals surface area contributed by atoms with Gasteiger partial charge in [-0.15, -0.1) is 0 Å². The molecule has 1 aromatic carbocycles. The van der Waals surface area contributed by atoms with Crippen LogP contribution in [-0.4, -0.2) is 63.6 Å². The summed E-state index contributed by atoms with van der Waals surface area (Å²) in [6.45, 7) is 5.70. The minimum Gasteiger partial charge on any atom is -0.355 e. The molecule has 3 aromatic rings. The van der Waals surface area contributed by atoms with Crippen molar-refractivity contribution >= 4 is 29.2 Å². The predicted molar refractivity (Wildman–Crippen MR) is 137 cm³/mol. The number of carbonyl (C=O) groups is 3. The molecule has 3 amide bonds. The Kier molecular flexibility index (Phi) is 6.85. The molecule has 1 aliphatic carbocycles. The van der Waals surface area contributed by atoms with E-state index in [1.807, 2.05) is 30.9 Å². The highest BCUT2D eigenvalue weighted by Crippen LogP contribution is 2.30. The topological polar surface area (TPSA) is 134 Å². The first-order chi connectivity index (χ1) is 17.9. The van der Waals surface area contributed by atoms with E-state index in [0.29, 0.717) is 43.2 Å². The van der Waals surface area contributed by atoms with Crippen LogP contribution in [0.5, 0.6) is 0 Å². The fraction of sp³-hybridized carbons (Fsp3) is 0.385. The lowest BCUT2D eigenvalue weighted by atomic mass is 9.99. The number of rotatable bonds is 9. The number of anilines is 2. The Bertz CT molecular complexity index is 1310. The Hall–Kier alpha value is -4.28. The summed E-state index contributed by atoms with van der Waals surface area (Å²) in [5, 5.41) is 13.0. The van der Waals surface area contributed by atoms with Crippen molar-refractivity contribution in [2.24, 2.45) is 11.8 Å². The Morgan fingerprint density at radius 2 is 1.59 bits per heavy atom. The van der Waals surface area contributed by atoms with Crippen LogP contribution in [-0.2, 0) is 9.59 Å². The van der Waals surface area contributed by atoms with Crippen LogP contribution in [0.2, 0.25) is 0 Å². The molecular formula is C26H30N8O3. The van der Waals surface area contributed by atoms with Gasteiger partial charge in [0.05, 0.1) is 11.6 Å². The molecule has 0 atom stereocenters. The third-order valence-corrected chi connectivity index (χ3v) is 6.51. The van der Waals surface area contributed by atoms with Crippen LogP contribution in [0.1, 0.15) is 34.6 Å². The van der Waals surface area contributed by atoms with Crippen molar-refractivity contribution in [1.82, 2.24) is 30.4 Å². The summed E-state index contributed by atoms with van der Waals surface area (Å²) >= 11 is 0. The van der Waals surface area contributed by atoms with Crippen molar-refractivity contribution in [2.45, 2.75) is 26.7 Å². The van der Waals surface area contributed by atoms with E-state index in [-0.39, 0.29) is 29.6 Å². The van der Waals surface area contributed by atoms with Crippen molar-refractivity contribution < 1.29 is 14.4 Å². The number of aromatic nitrogens is 4. The Morgan fingerprint density at radius 3 is 2.27 bits per heavy atom. The molecule has 11 heteroatoms. The van der Waals surface area contributed by atoms with Gasteiger partial charge in [-0.1, -0.05) is 0 Å². The molecule has 3 heterocycles. The van der Waals surface area contributed by atoms with E-state index in [1.165, 1.54) is 6.33 Å². The fourth-order valence-corrected chi connectivity index (χ4v) is 4.22. The second kappa shape index (κ2) is 10.4. The highest BCUT2D eigenvalue weighted by atomic mass is 16.2. The summed E-state index contributed by atoms with van der Waals surface area (Å²) < 4.78 is 1.78. The maximum absolute atomic E-state index is 12.5. The zero-order chi connectivity index (χ0) is 25.9. The molecule has 0 bridgehead atoms. The normalized spacial score (nSPS) is 15.1. The van der Waals surface area contributed by atoms with Crippen LogP contribution in [0.3, 0.4) is 0 Å². The number of aryl methyl sites for hydroxylation is 2. The largest absolute Gasteiger partial charge is 0.355 e. The Morgan fingerprint density at radius 1 is 0.892 bits per heavy atom. The van der Waals surface area contributed by atoms with Crippen molar-refractivity contribution in [3.05, 3.63) is 59.7 Å². The smallest absolute Gasteiger partial charge is 0.251 e. The molecule has 0 spiro atoms. The molecule has 2 aliphatic rings. The van der Waals surface area contributed by atoms with Gasteiger partial charge in [0.2, 0.25) is 11.8 Å². The van der Waals surface area contributed by atoms with E-state index in [4.69, 9.17) is 0 Å². The molecule has 192 valence electrons. The number of amides is 3. The van der Waals surface area contributed by atoms with Crippen LogP contribution in [0.4, 0.5) is 11.5 Å². The lowest BCUT2D eigenvalue weighted by Gasteiger charge is -2.39. The van der Waals surface area contributed by atoms with Gasteiger partial charge in [0.25, 0.3) is 5.91 Å². The van der Waals surface area contributed by atoms with Gasteiger partial charge in [0, 0.05) is 55.1 Å². The van der Waals surface area contributed by atoms with Gasteiger partial charge in [-0.25, -0.2) is 14.6 Å². The zero-order valence-electron chi connectivity index (χ0n) is 20.9. The van der Waals surface area contributed by atoms with Crippen LogP contribution < -0.4 is 20.9 Å². The quantitative estimate of drug-likeness (QED) is 0.379. The summed E-state index contributed by atoms with van der Waals surface area (Å²) in [5.74, 6) is 1.19. The van der Waals surface area contributed by atoms with E-state index in [2.05, 4.69) is 31.0 Å². The molecule has 11 nitrogen and oxygen atoms in total. The second-order valence-electron chi connectivity index (χ2n) is 9.56. The van der Waals surface area contributed by atoms with Gasteiger partial charge in [0.1, 0.15) is 12.1 Å². The summed E-state index contributed by atoms with van der Waals surface area (Å²) in [5.41, 5.74) is 3.08. The van der Waals surface area contributed by atoms with Gasteiger partial charge in [-0.3, -0.25) is 14.4 Å². The SMILES string of the molecule is Cc1cc(C)n(-c2cc(N3CC(C(=O)NCCNC(=O)c4ccc(NC(=O)C5CC5)cc4)C3)ncn2)n1. The van der Waals surface area contributed by atoms with Gasteiger partial charge in [-0.05, 0) is 57.0 Å². The molecule has 1 aliphatic heterocycles. The molecule has 1 saturated heterocycles. The van der Waals surface area contributed by atoms with Crippen LogP contribution in [0.15, 0.2) is 42.7 Å². The number of carbonyl (C=O) groups excluding carboxylic acids is 3. The van der Waals surface area contributed by atoms with Crippen molar-refractivity contribution in [2.75, 3.05) is 36.4 Å². The highest BCUT2D eigenvalue weighted by Gasteiger charge is 2.33. The van der Waals surface area contributed by atoms with Gasteiger partial charge in [0.15, 0.2) is 5.82 Å². The number of hydrogen-bond acceptors (Lipinski definition) is 7. The highest BCUT2D eigenvalue weighted by molar-refractivity contribution is 5.96. The molecule has 2 fully saturated rings. The van der Waals surface area contributed by atoms with Crippen LogP contribution in [0.25, 0.3) is 5.82 Å². The van der Waals surface area contributed by atoms with E-state index in [0.717, 1.165) is 30.0 Å². The lowest BCUT2D eigenvalue weighted by Crippen LogP contribution is -2.54. The first-order valence-electron chi connectivity index (χ1n) is 12.4. The van der Waals surface area contributed by atoms with Crippen molar-refractivity contribution in [3.8, 4) is 5.82 Å². The molecule has 2 aromatic heterocycles. The molecule has 0 unspecified atom stereocenters. The molecule has 1 saturated carbocycles. The maximum atomic E-state index is 12.5. The summed E-state index contributed by atoms with van der Waals surface area (Å²) in [7, 11) is 0. The monoisotopic (exact) mass is 502 g/mol. The van der Waals surface area contributed by atoms with Crippen LogP contribution >= 0.6 is 0 Å². The van der Waals surface area contributed by atoms with E-state index >= 15 is 0 Å². The second-order valence-corrected chi connectivity index (χ2v) is 9.56. The first-order valence-corrected chi connectivity index (χ1v) is 12.4. The standard InChI is InChI=1S/C26H30N8O3/c1-16-11-17(2)34(32-16)23-12-22(29-15-30-23)33-13-20(14-33)25(36)28-10-9-27-24(35)18-5-7-21(8-6-18)31-26(37)19-3-4-19/h5-8,11-12,15,19-20H,3-4,9-10,13-14H2,1-2H3,(H,27,35)(H,28,36)(H,31,37). The maximum Gasteiger partial charge on any atom is 0.251 e. The number of hydrogen-bond donors (Lipinski definition) is 3. The minimum absolute atomic E-state index is 0.0312. The minimum atomic E-state index is -0.230. The van der Waals surface area contributed by atoms with Gasteiger partial charge >= 0.3 is 0 Å². The van der Waals surface area contributed by atoms with Gasteiger partial charge < -0.3 is 20.9 Å². The molecule has 5 rings (SSSR count). The average molecular weight is 503 g/mol. The summed E-state index contributed by atoms with van der Waals surface area (Å²) in [4.78, 5) is 47.4. The summed E-state index contributed by atoms with van der Waals surface area (Å²) in [6.07, 6.45) is 3.39. The van der Waals surface area contributed by atoms with E-state index < -0.39 is 0 Å². The van der Waals surface area contributed by atoms with Crippen molar-refractivity contribution in [1.29, 1.82) is 0 Å². The number of nitrogens with one attached hydrogen (secondary N) is 3. The third kappa shape index (κ3) is 5.76. The van der Waals surface area contributed by atoms with E-state index in [1.54, 1.807) is 28.9 Å². The molecule has 3 N–H and O–H groups in total. The molecular weight excluding hydrogens is 472 g/mol. The van der Waals surface area contributed by atoms with E-state index in [9.17, 15) is 14.4 Å². The van der Waals surface area contributed by atoms with Crippen LogP contribution in [0, 0.1) is 25.7 Å². The average Bonchev–Trinajstić information content (AvgIpc) is 3.65. The van der Waals surface area contributed by atoms with Gasteiger partial charge in [-0.2, -0.15) is 5.10 Å². The number of benzene rings is 1. The fourth-order valence-electron chi connectivity index (χ4n) is 4.22. The zero-order valence-corrected chi connectivity index (χ0v) is 20.9. The molecule has 0 radical (unpaired) electrons. The predicted octanol–water partition coefficient (Wildman–Crippen LogP) is 1.61. The Balaban J connectivity index is 1.02. The Labute approximate surface area is 214 Å².